The first-order valence-electron chi connectivity index (χ1n) is 21.9. The van der Waals surface area contributed by atoms with Crippen LogP contribution in [0.1, 0.15) is 140 Å². The van der Waals surface area contributed by atoms with Gasteiger partial charge in [-0.2, -0.15) is 44.6 Å². The third kappa shape index (κ3) is 10.5. The van der Waals surface area contributed by atoms with Gasteiger partial charge in [0.25, 0.3) is 0 Å². The van der Waals surface area contributed by atoms with Crippen molar-refractivity contribution >= 4 is 17.7 Å². The fraction of sp³-hybridized carbons (Fsp3) is 0.617. The molecule has 0 radical (unpaired) electrons. The molecule has 1 aliphatic heterocycles. The van der Waals surface area contributed by atoms with Crippen LogP contribution in [-0.2, 0) is 33.6 Å². The number of ether oxygens (including phenoxy) is 2. The lowest BCUT2D eigenvalue weighted by Gasteiger charge is -2.58. The molecule has 1 amide bonds. The summed E-state index contributed by atoms with van der Waals surface area (Å²) < 4.78 is 135. The molecule has 7 rings (SSSR count). The number of hydrogen-bond acceptors (Lipinski definition) is 6. The van der Waals surface area contributed by atoms with Crippen LogP contribution in [0.15, 0.2) is 54.9 Å². The minimum Gasteiger partial charge on any atom is -0.456 e. The SMILES string of the molecule is CC(C)(C)OC(=O)c1c(COCC2CC(CCC(=O)c3cnn(Cc4ccc(C(F)(F)F)cc4)c3)CCC23CN(C(=O)C2(C(F)(F)F)CC2)C3)cccc1C1CCC(C(F)(F)F)CC1. The number of carbonyl (C=O) groups is 3. The Balaban J connectivity index is 1.03. The fourth-order valence-corrected chi connectivity index (χ4v) is 10.1. The van der Waals surface area contributed by atoms with Gasteiger partial charge in [0, 0.05) is 31.1 Å². The molecule has 4 aliphatic rings. The Labute approximate surface area is 366 Å². The van der Waals surface area contributed by atoms with E-state index < -0.39 is 58.3 Å². The predicted octanol–water partition coefficient (Wildman–Crippen LogP) is 11.5. The number of ketones is 1. The van der Waals surface area contributed by atoms with Crippen molar-refractivity contribution in [2.45, 2.75) is 135 Å². The monoisotopic (exact) mass is 911 g/mol. The maximum atomic E-state index is 14.0. The number of amides is 1. The van der Waals surface area contributed by atoms with Crippen LogP contribution in [0.25, 0.3) is 0 Å². The highest BCUT2D eigenvalue weighted by Crippen LogP contribution is 2.61. The highest BCUT2D eigenvalue weighted by atomic mass is 19.4. The van der Waals surface area contributed by atoms with Crippen LogP contribution < -0.4 is 0 Å². The second-order valence-electron chi connectivity index (χ2n) is 19.5. The third-order valence-electron chi connectivity index (χ3n) is 13.9. The van der Waals surface area contributed by atoms with Gasteiger partial charge in [-0.05, 0) is 132 Å². The van der Waals surface area contributed by atoms with E-state index >= 15 is 0 Å². The van der Waals surface area contributed by atoms with E-state index in [9.17, 15) is 53.9 Å². The molecule has 2 atom stereocenters. The van der Waals surface area contributed by atoms with Crippen LogP contribution in [0.4, 0.5) is 39.5 Å². The van der Waals surface area contributed by atoms with Crippen LogP contribution in [0.5, 0.6) is 0 Å². The Hall–Kier alpha value is -4.41. The summed E-state index contributed by atoms with van der Waals surface area (Å²) in [5, 5.41) is 4.23. The molecular formula is C47H54F9N3O5. The van der Waals surface area contributed by atoms with E-state index in [-0.39, 0.29) is 107 Å². The summed E-state index contributed by atoms with van der Waals surface area (Å²) in [5.74, 6) is -3.58. The van der Waals surface area contributed by atoms with Gasteiger partial charge in [-0.3, -0.25) is 14.3 Å². The molecule has 1 spiro atoms. The number of aromatic nitrogens is 2. The van der Waals surface area contributed by atoms with Crippen molar-refractivity contribution in [1.29, 1.82) is 0 Å². The lowest BCUT2D eigenvalue weighted by molar-refractivity contribution is -0.209. The Morgan fingerprint density at radius 2 is 1.52 bits per heavy atom. The molecule has 2 heterocycles. The van der Waals surface area contributed by atoms with E-state index in [2.05, 4.69) is 5.10 Å². The zero-order chi connectivity index (χ0) is 46.5. The average Bonchev–Trinajstić information content (AvgIpc) is 3.91. The molecule has 17 heteroatoms. The summed E-state index contributed by atoms with van der Waals surface area (Å²) in [6, 6.07) is 9.89. The quantitative estimate of drug-likeness (QED) is 0.0964. The van der Waals surface area contributed by atoms with Gasteiger partial charge in [0.15, 0.2) is 5.78 Å². The number of likely N-dealkylation sites (tertiary alicyclic amines) is 1. The molecule has 3 aromatic rings. The normalized spacial score (nSPS) is 23.4. The van der Waals surface area contributed by atoms with Crippen molar-refractivity contribution in [3.8, 4) is 0 Å². The summed E-state index contributed by atoms with van der Waals surface area (Å²) in [4.78, 5) is 41.7. The molecule has 350 valence electrons. The second-order valence-corrected chi connectivity index (χ2v) is 19.5. The molecule has 3 aliphatic carbocycles. The van der Waals surface area contributed by atoms with Gasteiger partial charge in [-0.1, -0.05) is 30.3 Å². The van der Waals surface area contributed by atoms with Crippen LogP contribution in [0.3, 0.4) is 0 Å². The van der Waals surface area contributed by atoms with Gasteiger partial charge >= 0.3 is 24.5 Å². The number of Topliss-reactive ketones (excluding diaryl/α,β-unsaturated/α-hetero) is 1. The topological polar surface area (TPSA) is 90.7 Å². The van der Waals surface area contributed by atoms with E-state index in [1.807, 2.05) is 0 Å². The zero-order valence-electron chi connectivity index (χ0n) is 36.1. The molecule has 2 aromatic carbocycles. The molecule has 0 N–H and O–H groups in total. The van der Waals surface area contributed by atoms with Gasteiger partial charge < -0.3 is 14.4 Å². The first-order valence-corrected chi connectivity index (χ1v) is 21.9. The molecule has 1 saturated heterocycles. The summed E-state index contributed by atoms with van der Waals surface area (Å²) in [5.41, 5.74) is -2.21. The predicted molar refractivity (Wildman–Crippen MR) is 216 cm³/mol. The van der Waals surface area contributed by atoms with Gasteiger partial charge in [-0.15, -0.1) is 0 Å². The first kappa shape index (κ1) is 47.5. The Morgan fingerprint density at radius 1 is 0.844 bits per heavy atom. The lowest BCUT2D eigenvalue weighted by Crippen LogP contribution is -2.65. The van der Waals surface area contributed by atoms with E-state index in [0.717, 1.165) is 12.1 Å². The summed E-state index contributed by atoms with van der Waals surface area (Å²) in [6.45, 7) is 5.69. The first-order chi connectivity index (χ1) is 29.9. The van der Waals surface area contributed by atoms with Gasteiger partial charge in [0.2, 0.25) is 5.91 Å². The molecule has 8 nitrogen and oxygen atoms in total. The Kier molecular flexibility index (Phi) is 13.2. The summed E-state index contributed by atoms with van der Waals surface area (Å²) >= 11 is 0. The van der Waals surface area contributed by atoms with Gasteiger partial charge in [-0.25, -0.2) is 4.79 Å². The molecule has 64 heavy (non-hydrogen) atoms. The fourth-order valence-electron chi connectivity index (χ4n) is 10.1. The Morgan fingerprint density at radius 3 is 2.11 bits per heavy atom. The number of rotatable bonds is 13. The van der Waals surface area contributed by atoms with Crippen LogP contribution in [-0.4, -0.2) is 70.0 Å². The van der Waals surface area contributed by atoms with Gasteiger partial charge in [0.1, 0.15) is 11.0 Å². The van der Waals surface area contributed by atoms with Crippen LogP contribution >= 0.6 is 0 Å². The van der Waals surface area contributed by atoms with Gasteiger partial charge in [0.05, 0.1) is 48.6 Å². The molecule has 3 saturated carbocycles. The van der Waals surface area contributed by atoms with E-state index in [1.165, 1.54) is 27.9 Å². The van der Waals surface area contributed by atoms with Crippen LogP contribution in [0.2, 0.25) is 0 Å². The third-order valence-corrected chi connectivity index (χ3v) is 13.9. The molecule has 1 aromatic heterocycles. The standard InChI is InChI=1S/C47H54F9N3O5/c1-42(2,3)64-40(61)39-32(5-4-6-37(39)31-10-14-35(15-11-31)46(51,52)53)25-63-26-36-21-29(17-18-43(36)27-58(28-43)41(62)44(19-20-44)47(54,55)56)9-16-38(60)33-22-57-59(24-33)23-30-7-12-34(13-8-30)45(48,49)50/h4-8,12-13,22,24,29,31,35-36H,9-11,14-21,23,25-28H2,1-3H3. The maximum Gasteiger partial charge on any atom is 0.416 e. The molecule has 4 fully saturated rings. The molecular weight excluding hydrogens is 858 g/mol. The summed E-state index contributed by atoms with van der Waals surface area (Å²) in [7, 11) is 0. The number of halogens is 9. The maximum absolute atomic E-state index is 14.0. The number of esters is 1. The highest BCUT2D eigenvalue weighted by molar-refractivity contribution is 5.95. The number of nitrogens with zero attached hydrogens (tertiary/aromatic N) is 3. The van der Waals surface area contributed by atoms with E-state index in [0.29, 0.717) is 47.9 Å². The lowest BCUT2D eigenvalue weighted by atomic mass is 9.58. The van der Waals surface area contributed by atoms with Crippen molar-refractivity contribution in [3.05, 3.63) is 88.2 Å². The van der Waals surface area contributed by atoms with Crippen molar-refractivity contribution < 1.29 is 63.4 Å². The van der Waals surface area contributed by atoms with Crippen molar-refractivity contribution in [3.63, 3.8) is 0 Å². The second kappa shape index (κ2) is 17.8. The minimum atomic E-state index is -4.64. The highest BCUT2D eigenvalue weighted by Gasteiger charge is 2.71. The minimum absolute atomic E-state index is 0.0348. The van der Waals surface area contributed by atoms with Crippen molar-refractivity contribution in [2.75, 3.05) is 19.7 Å². The average molecular weight is 912 g/mol. The number of hydrogen-bond donors (Lipinski definition) is 0. The van der Waals surface area contributed by atoms with E-state index in [4.69, 9.17) is 9.47 Å². The Bertz CT molecular complexity index is 2150. The number of alkyl halides is 9. The van der Waals surface area contributed by atoms with Crippen molar-refractivity contribution in [1.82, 2.24) is 14.7 Å². The molecule has 2 unspecified atom stereocenters. The largest absolute Gasteiger partial charge is 0.456 e. The summed E-state index contributed by atoms with van der Waals surface area (Å²) in [6.07, 6.45) is -8.04. The van der Waals surface area contributed by atoms with E-state index in [1.54, 1.807) is 45.2 Å². The van der Waals surface area contributed by atoms with Crippen molar-refractivity contribution in [2.24, 2.45) is 28.6 Å². The smallest absolute Gasteiger partial charge is 0.416 e. The van der Waals surface area contributed by atoms with Crippen LogP contribution in [0, 0.1) is 28.6 Å². The molecule has 0 bridgehead atoms. The number of carbonyl (C=O) groups excluding carboxylic acids is 3. The zero-order valence-corrected chi connectivity index (χ0v) is 36.1. The number of benzene rings is 2.